The number of nitrogens with two attached hydrogens (primary N) is 1. The molecule has 216 valence electrons. The van der Waals surface area contributed by atoms with Crippen molar-refractivity contribution in [2.45, 2.75) is 31.4 Å². The normalized spacial score (nSPS) is 23.5. The van der Waals surface area contributed by atoms with E-state index >= 15 is 0 Å². The number of amides is 1. The van der Waals surface area contributed by atoms with Gasteiger partial charge in [0.05, 0.1) is 18.4 Å². The predicted molar refractivity (Wildman–Crippen MR) is 147 cm³/mol. The number of primary amides is 1. The smallest absolute Gasteiger partial charge is 0.255 e. The highest BCUT2D eigenvalue weighted by Gasteiger charge is 2.59. The number of phenolic OH excluding ortho intramolecular Hbond substituents is 2. The van der Waals surface area contributed by atoms with Crippen LogP contribution in [0.4, 0.5) is 11.4 Å². The minimum Gasteiger partial charge on any atom is -0.511 e. The number of nitrogens with one attached hydrogen (secondary N) is 1. The van der Waals surface area contributed by atoms with Crippen molar-refractivity contribution < 1.29 is 44.7 Å². The third kappa shape index (κ3) is 4.13. The Morgan fingerprint density at radius 3 is 2.46 bits per heavy atom. The lowest BCUT2D eigenvalue weighted by molar-refractivity contribution is -0.144. The zero-order chi connectivity index (χ0) is 30.0. The monoisotopic (exact) mass is 565 g/mol. The van der Waals surface area contributed by atoms with Crippen LogP contribution in [-0.4, -0.2) is 69.8 Å². The Morgan fingerprint density at radius 1 is 1.15 bits per heavy atom. The number of rotatable bonds is 6. The number of Topliss-reactive ketones (excluding diaryl/α,β-unsaturated/α-hetero) is 2. The van der Waals surface area contributed by atoms with Gasteiger partial charge in [-0.05, 0) is 48.1 Å². The number of carbonyl (C=O) groups is 3. The summed E-state index contributed by atoms with van der Waals surface area (Å²) in [6.45, 7) is 0.170. The highest BCUT2D eigenvalue weighted by molar-refractivity contribution is 6.24. The number of phenols is 2. The number of fused-ring (bicyclic) bond motifs is 3. The van der Waals surface area contributed by atoms with Crippen LogP contribution in [-0.2, 0) is 22.6 Å². The van der Waals surface area contributed by atoms with E-state index in [-0.39, 0.29) is 54.1 Å². The molecule has 0 bridgehead atoms. The molecule has 41 heavy (non-hydrogen) atoms. The van der Waals surface area contributed by atoms with E-state index in [9.17, 15) is 39.9 Å². The molecule has 8 N–H and O–H groups in total. The van der Waals surface area contributed by atoms with E-state index in [1.54, 1.807) is 37.2 Å². The van der Waals surface area contributed by atoms with Gasteiger partial charge in [-0.1, -0.05) is 6.07 Å². The van der Waals surface area contributed by atoms with Gasteiger partial charge in [0, 0.05) is 44.2 Å². The second-order valence-corrected chi connectivity index (χ2v) is 10.8. The molecular formula is C29H31N3O9. The van der Waals surface area contributed by atoms with Crippen molar-refractivity contribution in [1.29, 1.82) is 0 Å². The summed E-state index contributed by atoms with van der Waals surface area (Å²) in [5.41, 5.74) is 3.52. The lowest BCUT2D eigenvalue weighted by Crippen LogP contribution is -2.57. The number of allylic oxidation sites excluding steroid dienone is 2. The molecule has 3 atom stereocenters. The molecule has 0 saturated carbocycles. The summed E-state index contributed by atoms with van der Waals surface area (Å²) in [6, 6.07) is 6.50. The molecule has 0 saturated heterocycles. The number of hydrogen-bond acceptors (Lipinski definition) is 11. The van der Waals surface area contributed by atoms with Crippen LogP contribution in [0.15, 0.2) is 46.9 Å². The first-order chi connectivity index (χ1) is 19.3. The predicted octanol–water partition coefficient (Wildman–Crippen LogP) is 1.97. The number of aromatic hydroxyl groups is 2. The number of methoxy groups -OCH3 is 1. The molecule has 12 nitrogen and oxygen atoms in total. The first-order valence-electron chi connectivity index (χ1n) is 12.9. The molecule has 0 aromatic heterocycles. The summed E-state index contributed by atoms with van der Waals surface area (Å²) in [6.07, 6.45) is -0.0371. The van der Waals surface area contributed by atoms with Crippen LogP contribution in [0, 0.1) is 11.8 Å². The maximum Gasteiger partial charge on any atom is 0.255 e. The minimum atomic E-state index is -2.62. The largest absolute Gasteiger partial charge is 0.511 e. The molecule has 12 heteroatoms. The first-order valence-corrected chi connectivity index (χ1v) is 12.9. The molecule has 2 aromatic rings. The van der Waals surface area contributed by atoms with Gasteiger partial charge in [0.15, 0.2) is 22.9 Å². The van der Waals surface area contributed by atoms with Gasteiger partial charge in [0.2, 0.25) is 5.78 Å². The highest BCUT2D eigenvalue weighted by Crippen LogP contribution is 2.53. The average molecular weight is 566 g/mol. The molecule has 0 fully saturated rings. The zero-order valence-electron chi connectivity index (χ0n) is 22.7. The van der Waals surface area contributed by atoms with Crippen molar-refractivity contribution in [3.8, 4) is 17.2 Å². The lowest BCUT2D eigenvalue weighted by atomic mass is 9.60. The molecule has 1 amide bonds. The maximum atomic E-state index is 14.0. The molecule has 0 unspecified atom stereocenters. The minimum absolute atomic E-state index is 0.0531. The fourth-order valence-electron chi connectivity index (χ4n) is 6.24. The van der Waals surface area contributed by atoms with Crippen molar-refractivity contribution in [1.82, 2.24) is 0 Å². The first kappa shape index (κ1) is 27.8. The second kappa shape index (κ2) is 9.73. The van der Waals surface area contributed by atoms with Crippen molar-refractivity contribution in [2.24, 2.45) is 17.6 Å². The van der Waals surface area contributed by atoms with Crippen LogP contribution in [0.1, 0.15) is 34.3 Å². The number of hydrogen-bond donors (Lipinski definition) is 7. The van der Waals surface area contributed by atoms with E-state index in [4.69, 9.17) is 10.5 Å². The molecule has 0 aliphatic heterocycles. The molecule has 2 aromatic carbocycles. The third-order valence-corrected chi connectivity index (χ3v) is 8.25. The number of aliphatic hydroxyl groups is 3. The third-order valence-electron chi connectivity index (χ3n) is 8.25. The summed E-state index contributed by atoms with van der Waals surface area (Å²) in [7, 11) is 4.99. The van der Waals surface area contributed by atoms with Crippen LogP contribution in [0.25, 0.3) is 0 Å². The van der Waals surface area contributed by atoms with Gasteiger partial charge in [-0.25, -0.2) is 0 Å². The molecule has 0 radical (unpaired) electrons. The van der Waals surface area contributed by atoms with Crippen molar-refractivity contribution in [2.75, 3.05) is 31.4 Å². The van der Waals surface area contributed by atoms with Gasteiger partial charge in [0.25, 0.3) is 5.91 Å². The quantitative estimate of drug-likeness (QED) is 0.199. The van der Waals surface area contributed by atoms with Crippen LogP contribution in [0.5, 0.6) is 17.2 Å². The van der Waals surface area contributed by atoms with Crippen molar-refractivity contribution >= 4 is 28.8 Å². The van der Waals surface area contributed by atoms with Crippen molar-refractivity contribution in [3.63, 3.8) is 0 Å². The number of carbonyl (C=O) groups excluding carboxylic acids is 3. The van der Waals surface area contributed by atoms with Gasteiger partial charge in [-0.15, -0.1) is 0 Å². The molecule has 3 aliphatic rings. The summed E-state index contributed by atoms with van der Waals surface area (Å²) >= 11 is 0. The SMILES string of the molecule is COc1ccc(CNc2cc(N(C)C)c3c(c2O)C(=O)C2=C(O)[C@]4(O)C(=O)C(C(N)=O)=C(O)C[C@@H]4C[C@@H]2C3)cc1O. The van der Waals surface area contributed by atoms with E-state index < -0.39 is 52.0 Å². The van der Waals surface area contributed by atoms with Gasteiger partial charge in [0.1, 0.15) is 22.8 Å². The Bertz CT molecular complexity index is 1580. The van der Waals surface area contributed by atoms with E-state index in [0.717, 1.165) is 0 Å². The van der Waals surface area contributed by atoms with Gasteiger partial charge in [-0.3, -0.25) is 14.4 Å². The fraction of sp³-hybridized carbons (Fsp3) is 0.345. The van der Waals surface area contributed by atoms with Crippen LogP contribution >= 0.6 is 0 Å². The number of ketones is 2. The number of anilines is 2. The summed E-state index contributed by atoms with van der Waals surface area (Å²) in [5, 5.41) is 57.5. The summed E-state index contributed by atoms with van der Waals surface area (Å²) in [5.74, 6) is -6.53. The molecule has 5 rings (SSSR count). The molecule has 0 spiro atoms. The van der Waals surface area contributed by atoms with Gasteiger partial charge >= 0.3 is 0 Å². The number of benzene rings is 2. The lowest BCUT2D eigenvalue weighted by Gasteiger charge is -2.46. The topological polar surface area (TPSA) is 203 Å². The maximum absolute atomic E-state index is 14.0. The molecular weight excluding hydrogens is 534 g/mol. The standard InChI is InChI=1S/C29H31N3O9/c1-32(2)17-10-16(31-11-12-4-5-20(41-3)18(33)6-12)24(35)22-15(17)8-13-7-14-9-19(34)23(28(30)39)27(38)29(14,40)26(37)21(13)25(22)36/h4-6,10,13-14,31,33-35,37,40H,7-9,11H2,1-3H3,(H2,30,39)/t13-,14+,29+/m1/s1. The summed E-state index contributed by atoms with van der Waals surface area (Å²) < 4.78 is 5.06. The van der Waals surface area contributed by atoms with Crippen molar-refractivity contribution in [3.05, 3.63) is 63.6 Å². The van der Waals surface area contributed by atoms with E-state index in [2.05, 4.69) is 5.32 Å². The highest BCUT2D eigenvalue weighted by atomic mass is 16.5. The van der Waals surface area contributed by atoms with Gasteiger partial charge in [-0.2, -0.15) is 0 Å². The molecule has 0 heterocycles. The number of ether oxygens (including phenoxy) is 1. The Labute approximate surface area is 235 Å². The van der Waals surface area contributed by atoms with E-state index in [0.29, 0.717) is 22.6 Å². The molecule has 3 aliphatic carbocycles. The van der Waals surface area contributed by atoms with E-state index in [1.807, 2.05) is 0 Å². The van der Waals surface area contributed by atoms with Crippen LogP contribution in [0.2, 0.25) is 0 Å². The number of nitrogens with zero attached hydrogens (tertiary/aromatic N) is 1. The zero-order valence-corrected chi connectivity index (χ0v) is 22.7. The fourth-order valence-corrected chi connectivity index (χ4v) is 6.24. The average Bonchev–Trinajstić information content (AvgIpc) is 2.90. The van der Waals surface area contributed by atoms with Gasteiger partial charge < -0.3 is 46.2 Å². The Balaban J connectivity index is 1.58. The van der Waals surface area contributed by atoms with Crippen LogP contribution < -0.4 is 20.7 Å². The van der Waals surface area contributed by atoms with Crippen LogP contribution in [0.3, 0.4) is 0 Å². The number of aliphatic hydroxyl groups excluding tert-OH is 2. The van der Waals surface area contributed by atoms with E-state index in [1.165, 1.54) is 13.2 Å². The Morgan fingerprint density at radius 2 is 1.85 bits per heavy atom. The second-order valence-electron chi connectivity index (χ2n) is 10.8. The summed E-state index contributed by atoms with van der Waals surface area (Å²) in [4.78, 5) is 40.7. The Kier molecular flexibility index (Phi) is 6.61. The Hall–Kier alpha value is -4.71.